The fraction of sp³-hybridized carbons (Fsp3) is 0.300. The lowest BCUT2D eigenvalue weighted by Crippen LogP contribution is -2.33. The van der Waals surface area contributed by atoms with E-state index in [1.54, 1.807) is 0 Å². The van der Waals surface area contributed by atoms with Crippen LogP contribution >= 0.6 is 12.2 Å². The molecular formula is C20H25N3OS. The molecule has 0 aliphatic carbocycles. The molecule has 0 saturated carbocycles. The summed E-state index contributed by atoms with van der Waals surface area (Å²) in [5, 5.41) is 7.98. The van der Waals surface area contributed by atoms with Crippen LogP contribution in [0.25, 0.3) is 11.1 Å². The van der Waals surface area contributed by atoms with E-state index in [1.807, 2.05) is 32.0 Å². The summed E-state index contributed by atoms with van der Waals surface area (Å²) in [4.78, 5) is 0. The van der Waals surface area contributed by atoms with Crippen LogP contribution in [0.1, 0.15) is 25.8 Å². The maximum absolute atomic E-state index is 5.28. The average molecular weight is 356 g/mol. The number of hydrogen-bond donors (Lipinski definition) is 2. The molecule has 0 fully saturated rings. The van der Waals surface area contributed by atoms with E-state index in [0.29, 0.717) is 5.11 Å². The molecule has 0 aliphatic heterocycles. The Kier molecular flexibility index (Phi) is 8.09. The van der Waals surface area contributed by atoms with Crippen molar-refractivity contribution in [3.63, 3.8) is 0 Å². The highest BCUT2D eigenvalue weighted by atomic mass is 32.1. The Morgan fingerprint density at radius 1 is 1.04 bits per heavy atom. The van der Waals surface area contributed by atoms with E-state index in [-0.39, 0.29) is 0 Å². The van der Waals surface area contributed by atoms with Gasteiger partial charge in [0.2, 0.25) is 0 Å². The molecule has 5 heteroatoms. The molecule has 0 spiro atoms. The summed E-state index contributed by atoms with van der Waals surface area (Å²) in [6.07, 6.45) is 0.916. The van der Waals surface area contributed by atoms with E-state index in [1.165, 1.54) is 11.1 Å². The summed E-state index contributed by atoms with van der Waals surface area (Å²) < 4.78 is 5.28. The number of nitrogens with one attached hydrogen (secondary N) is 2. The van der Waals surface area contributed by atoms with Gasteiger partial charge in [-0.3, -0.25) is 5.43 Å². The van der Waals surface area contributed by atoms with Gasteiger partial charge in [0.05, 0.1) is 5.71 Å². The molecule has 132 valence electrons. The van der Waals surface area contributed by atoms with Gasteiger partial charge in [-0.15, -0.1) is 0 Å². The Labute approximate surface area is 155 Å². The van der Waals surface area contributed by atoms with E-state index >= 15 is 0 Å². The molecule has 0 bridgehead atoms. The van der Waals surface area contributed by atoms with Crippen molar-refractivity contribution in [1.82, 2.24) is 10.7 Å². The fourth-order valence-corrected chi connectivity index (χ4v) is 2.44. The molecule has 2 N–H and O–H groups in total. The molecule has 0 amide bonds. The summed E-state index contributed by atoms with van der Waals surface area (Å²) in [5.41, 5.74) is 7.23. The van der Waals surface area contributed by atoms with Gasteiger partial charge in [0, 0.05) is 19.8 Å². The maximum atomic E-state index is 5.28. The number of hydrogen-bond acceptors (Lipinski definition) is 3. The molecule has 0 atom stereocenters. The van der Waals surface area contributed by atoms with Crippen LogP contribution in [0.5, 0.6) is 0 Å². The molecule has 25 heavy (non-hydrogen) atoms. The summed E-state index contributed by atoms with van der Waals surface area (Å²) in [5.74, 6) is 0. The van der Waals surface area contributed by atoms with E-state index in [2.05, 4.69) is 52.2 Å². The number of rotatable bonds is 8. The minimum Gasteiger partial charge on any atom is -0.382 e. The Hall–Kier alpha value is -2.24. The predicted octanol–water partition coefficient (Wildman–Crippen LogP) is 3.97. The molecule has 0 aromatic heterocycles. The van der Waals surface area contributed by atoms with Crippen LogP contribution in [0.2, 0.25) is 0 Å². The van der Waals surface area contributed by atoms with Crippen molar-refractivity contribution in [2.45, 2.75) is 20.3 Å². The Morgan fingerprint density at radius 2 is 1.72 bits per heavy atom. The molecule has 4 nitrogen and oxygen atoms in total. The van der Waals surface area contributed by atoms with Crippen molar-refractivity contribution in [3.05, 3.63) is 60.2 Å². The maximum Gasteiger partial charge on any atom is 0.186 e. The molecular weight excluding hydrogens is 330 g/mol. The lowest BCUT2D eigenvalue weighted by molar-refractivity contribution is 0.145. The molecule has 0 saturated heterocycles. The summed E-state index contributed by atoms with van der Waals surface area (Å²) in [6, 6.07) is 18.7. The minimum absolute atomic E-state index is 0.525. The Bertz CT molecular complexity index is 684. The normalized spacial score (nSPS) is 11.2. The van der Waals surface area contributed by atoms with E-state index in [9.17, 15) is 0 Å². The standard InChI is InChI=1S/C20H25N3OS/c1-3-24-15-7-14-21-20(25)23-22-16(2)17-10-12-19(13-11-17)18-8-5-4-6-9-18/h4-6,8-13H,3,7,14-15H2,1-2H3,(H2,21,23,25)/b22-16-. The second kappa shape index (κ2) is 10.6. The van der Waals surface area contributed by atoms with Gasteiger partial charge >= 0.3 is 0 Å². The number of ether oxygens (including phenoxy) is 1. The largest absolute Gasteiger partial charge is 0.382 e. The number of thiocarbonyl (C=S) groups is 1. The lowest BCUT2D eigenvalue weighted by Gasteiger charge is -2.08. The number of benzene rings is 2. The van der Waals surface area contributed by atoms with E-state index in [0.717, 1.165) is 37.5 Å². The van der Waals surface area contributed by atoms with Crippen molar-refractivity contribution < 1.29 is 4.74 Å². The summed E-state index contributed by atoms with van der Waals surface area (Å²) >= 11 is 5.21. The van der Waals surface area contributed by atoms with Crippen LogP contribution in [0.4, 0.5) is 0 Å². The molecule has 0 heterocycles. The molecule has 2 rings (SSSR count). The van der Waals surface area contributed by atoms with Crippen molar-refractivity contribution in [2.24, 2.45) is 5.10 Å². The van der Waals surface area contributed by atoms with Gasteiger partial charge in [-0.2, -0.15) is 5.10 Å². The van der Waals surface area contributed by atoms with Crippen LogP contribution in [0, 0.1) is 0 Å². The first-order valence-electron chi connectivity index (χ1n) is 8.52. The first-order valence-corrected chi connectivity index (χ1v) is 8.93. The van der Waals surface area contributed by atoms with Crippen molar-refractivity contribution >= 4 is 23.0 Å². The smallest absolute Gasteiger partial charge is 0.186 e. The Balaban J connectivity index is 1.84. The van der Waals surface area contributed by atoms with Gasteiger partial charge in [-0.1, -0.05) is 54.6 Å². The highest BCUT2D eigenvalue weighted by Gasteiger charge is 2.01. The first-order chi connectivity index (χ1) is 12.2. The fourth-order valence-electron chi connectivity index (χ4n) is 2.29. The highest BCUT2D eigenvalue weighted by Crippen LogP contribution is 2.19. The van der Waals surface area contributed by atoms with Crippen LogP contribution in [0.15, 0.2) is 59.7 Å². The molecule has 2 aromatic rings. The predicted molar refractivity (Wildman–Crippen MR) is 109 cm³/mol. The topological polar surface area (TPSA) is 45.6 Å². The van der Waals surface area contributed by atoms with Crippen molar-refractivity contribution in [2.75, 3.05) is 19.8 Å². The van der Waals surface area contributed by atoms with Gasteiger partial charge in [0.15, 0.2) is 5.11 Å². The zero-order valence-electron chi connectivity index (χ0n) is 14.8. The average Bonchev–Trinajstić information content (AvgIpc) is 2.67. The summed E-state index contributed by atoms with van der Waals surface area (Å²) in [6.45, 7) is 6.20. The first kappa shape index (κ1) is 19.1. The van der Waals surface area contributed by atoms with Crippen LogP contribution in [-0.4, -0.2) is 30.6 Å². The zero-order valence-corrected chi connectivity index (χ0v) is 15.6. The van der Waals surface area contributed by atoms with Crippen LogP contribution < -0.4 is 10.7 Å². The SMILES string of the molecule is CCOCCCNC(=S)N/N=C(/C)c1ccc(-c2ccccc2)cc1. The van der Waals surface area contributed by atoms with Gasteiger partial charge in [0.1, 0.15) is 0 Å². The van der Waals surface area contributed by atoms with Gasteiger partial charge in [-0.25, -0.2) is 0 Å². The second-order valence-corrected chi connectivity index (χ2v) is 5.97. The van der Waals surface area contributed by atoms with E-state index in [4.69, 9.17) is 17.0 Å². The van der Waals surface area contributed by atoms with Gasteiger partial charge in [-0.05, 0) is 49.2 Å². The zero-order chi connectivity index (χ0) is 17.9. The minimum atomic E-state index is 0.525. The van der Waals surface area contributed by atoms with E-state index < -0.39 is 0 Å². The molecule has 0 aliphatic rings. The Morgan fingerprint density at radius 3 is 2.40 bits per heavy atom. The van der Waals surface area contributed by atoms with Crippen molar-refractivity contribution in [1.29, 1.82) is 0 Å². The number of hydrazone groups is 1. The second-order valence-electron chi connectivity index (χ2n) is 5.56. The quantitative estimate of drug-likeness (QED) is 0.325. The van der Waals surface area contributed by atoms with Crippen LogP contribution in [-0.2, 0) is 4.74 Å². The highest BCUT2D eigenvalue weighted by molar-refractivity contribution is 7.80. The van der Waals surface area contributed by atoms with Gasteiger partial charge in [0.25, 0.3) is 0 Å². The molecule has 2 aromatic carbocycles. The summed E-state index contributed by atoms with van der Waals surface area (Å²) in [7, 11) is 0. The third kappa shape index (κ3) is 6.64. The van der Waals surface area contributed by atoms with Crippen LogP contribution in [0.3, 0.4) is 0 Å². The molecule has 0 radical (unpaired) electrons. The number of nitrogens with zero attached hydrogens (tertiary/aromatic N) is 1. The lowest BCUT2D eigenvalue weighted by atomic mass is 10.0. The third-order valence-electron chi connectivity index (χ3n) is 3.69. The van der Waals surface area contributed by atoms with Gasteiger partial charge < -0.3 is 10.1 Å². The third-order valence-corrected chi connectivity index (χ3v) is 3.93. The monoisotopic (exact) mass is 355 g/mol. The van der Waals surface area contributed by atoms with Crippen molar-refractivity contribution in [3.8, 4) is 11.1 Å². The molecule has 0 unspecified atom stereocenters.